The monoisotopic (exact) mass is 252 g/mol. The summed E-state index contributed by atoms with van der Waals surface area (Å²) in [5, 5.41) is 0. The maximum atomic E-state index is 5.38. The second-order valence-corrected chi connectivity index (χ2v) is 4.56. The van der Waals surface area contributed by atoms with Gasteiger partial charge in [0.2, 0.25) is 0 Å². The van der Waals surface area contributed by atoms with Gasteiger partial charge in [0.25, 0.3) is 0 Å². The standard InChI is InChI=1S/C12H10.C5H10N2/c1-3-7-11(8-4-1)12-9-5-2-6-10-12;6-5-3-1-2-4-7-5/h1-10H;1-4H2,(H2,6,7). The number of aliphatic imine (C=N–C) groups is 1. The summed E-state index contributed by atoms with van der Waals surface area (Å²) in [5.74, 6) is 0.839. The Morgan fingerprint density at radius 3 is 1.58 bits per heavy atom. The third-order valence-electron chi connectivity index (χ3n) is 3.04. The summed E-state index contributed by atoms with van der Waals surface area (Å²) in [5.41, 5.74) is 7.94. The number of hydrogen-bond acceptors (Lipinski definition) is 2. The molecule has 98 valence electrons. The first kappa shape index (κ1) is 13.3. The van der Waals surface area contributed by atoms with Gasteiger partial charge in [0.05, 0.1) is 5.84 Å². The molecule has 2 aromatic rings. The zero-order valence-electron chi connectivity index (χ0n) is 11.1. The predicted molar refractivity (Wildman–Crippen MR) is 82.2 cm³/mol. The van der Waals surface area contributed by atoms with Crippen LogP contribution < -0.4 is 5.73 Å². The van der Waals surface area contributed by atoms with Crippen molar-refractivity contribution in [2.75, 3.05) is 6.54 Å². The molecule has 2 aromatic carbocycles. The summed E-state index contributed by atoms with van der Waals surface area (Å²) in [7, 11) is 0. The van der Waals surface area contributed by atoms with E-state index >= 15 is 0 Å². The summed E-state index contributed by atoms with van der Waals surface area (Å²) in [6.45, 7) is 0.950. The van der Waals surface area contributed by atoms with Gasteiger partial charge in [-0.1, -0.05) is 60.7 Å². The van der Waals surface area contributed by atoms with Crippen LogP contribution in [0.25, 0.3) is 11.1 Å². The molecule has 0 radical (unpaired) electrons. The fourth-order valence-electron chi connectivity index (χ4n) is 1.98. The Kier molecular flexibility index (Phi) is 5.17. The lowest BCUT2D eigenvalue weighted by atomic mass is 10.1. The van der Waals surface area contributed by atoms with E-state index in [1.54, 1.807) is 0 Å². The molecule has 1 aliphatic heterocycles. The van der Waals surface area contributed by atoms with E-state index in [1.165, 1.54) is 24.0 Å². The zero-order valence-corrected chi connectivity index (χ0v) is 11.1. The first-order chi connectivity index (χ1) is 9.36. The van der Waals surface area contributed by atoms with Gasteiger partial charge in [-0.3, -0.25) is 4.99 Å². The molecule has 0 saturated heterocycles. The van der Waals surface area contributed by atoms with E-state index in [9.17, 15) is 0 Å². The van der Waals surface area contributed by atoms with Gasteiger partial charge in [0, 0.05) is 13.0 Å². The molecule has 19 heavy (non-hydrogen) atoms. The highest BCUT2D eigenvalue weighted by Crippen LogP contribution is 2.17. The topological polar surface area (TPSA) is 38.4 Å². The molecule has 0 aromatic heterocycles. The van der Waals surface area contributed by atoms with Gasteiger partial charge < -0.3 is 5.73 Å². The molecule has 2 N–H and O–H groups in total. The van der Waals surface area contributed by atoms with Crippen LogP contribution in [0.15, 0.2) is 65.7 Å². The van der Waals surface area contributed by atoms with E-state index in [0.717, 1.165) is 18.8 Å². The summed E-state index contributed by atoms with van der Waals surface area (Å²) in [6, 6.07) is 20.8. The van der Waals surface area contributed by atoms with Crippen LogP contribution in [0, 0.1) is 0 Å². The van der Waals surface area contributed by atoms with E-state index in [2.05, 4.69) is 53.5 Å². The molecule has 2 nitrogen and oxygen atoms in total. The molecule has 0 aliphatic carbocycles. The molecule has 0 fully saturated rings. The van der Waals surface area contributed by atoms with Gasteiger partial charge >= 0.3 is 0 Å². The van der Waals surface area contributed by atoms with Crippen molar-refractivity contribution < 1.29 is 0 Å². The predicted octanol–water partition coefficient (Wildman–Crippen LogP) is 3.88. The molecule has 1 aliphatic rings. The maximum Gasteiger partial charge on any atom is 0.0937 e. The minimum atomic E-state index is 0.839. The van der Waals surface area contributed by atoms with E-state index < -0.39 is 0 Å². The van der Waals surface area contributed by atoms with Gasteiger partial charge in [-0.2, -0.15) is 0 Å². The molecular formula is C17H20N2. The largest absolute Gasteiger partial charge is 0.387 e. The van der Waals surface area contributed by atoms with Crippen molar-refractivity contribution in [3.8, 4) is 11.1 Å². The first-order valence-electron chi connectivity index (χ1n) is 6.75. The average molecular weight is 252 g/mol. The second-order valence-electron chi connectivity index (χ2n) is 4.56. The lowest BCUT2D eigenvalue weighted by Gasteiger charge is -2.04. The summed E-state index contributed by atoms with van der Waals surface area (Å²) in [6.07, 6.45) is 3.47. The maximum absolute atomic E-state index is 5.38. The average Bonchev–Trinajstić information content (AvgIpc) is 2.51. The van der Waals surface area contributed by atoms with Crippen LogP contribution in [0.2, 0.25) is 0 Å². The van der Waals surface area contributed by atoms with Crippen LogP contribution in [0.5, 0.6) is 0 Å². The van der Waals surface area contributed by atoms with Gasteiger partial charge in [-0.05, 0) is 24.0 Å². The minimum Gasteiger partial charge on any atom is -0.387 e. The molecule has 0 amide bonds. The third kappa shape index (κ3) is 4.59. The molecule has 2 heteroatoms. The first-order valence-corrected chi connectivity index (χ1v) is 6.75. The zero-order chi connectivity index (χ0) is 13.3. The molecular weight excluding hydrogens is 232 g/mol. The lowest BCUT2D eigenvalue weighted by molar-refractivity contribution is 0.733. The Labute approximate surface area is 115 Å². The quantitative estimate of drug-likeness (QED) is 0.821. The van der Waals surface area contributed by atoms with Crippen molar-refractivity contribution in [3.63, 3.8) is 0 Å². The van der Waals surface area contributed by atoms with Crippen LogP contribution in [-0.4, -0.2) is 12.4 Å². The normalized spacial score (nSPS) is 14.0. The number of nitrogens with two attached hydrogens (primary N) is 1. The molecule has 0 saturated carbocycles. The summed E-state index contributed by atoms with van der Waals surface area (Å²) in [4.78, 5) is 4.02. The number of nitrogens with zero attached hydrogens (tertiary/aromatic N) is 1. The van der Waals surface area contributed by atoms with Crippen molar-refractivity contribution in [1.82, 2.24) is 0 Å². The van der Waals surface area contributed by atoms with Gasteiger partial charge in [0.15, 0.2) is 0 Å². The van der Waals surface area contributed by atoms with Crippen molar-refractivity contribution in [1.29, 1.82) is 0 Å². The van der Waals surface area contributed by atoms with Crippen LogP contribution in [0.1, 0.15) is 19.3 Å². The van der Waals surface area contributed by atoms with Gasteiger partial charge in [-0.25, -0.2) is 0 Å². The number of benzene rings is 2. The number of rotatable bonds is 1. The molecule has 0 bridgehead atoms. The Hall–Kier alpha value is -2.09. The highest BCUT2D eigenvalue weighted by molar-refractivity contribution is 5.80. The third-order valence-corrected chi connectivity index (χ3v) is 3.04. The molecule has 0 spiro atoms. The Balaban J connectivity index is 0.000000163. The lowest BCUT2D eigenvalue weighted by Crippen LogP contribution is -2.15. The fraction of sp³-hybridized carbons (Fsp3) is 0.235. The highest BCUT2D eigenvalue weighted by atomic mass is 14.9. The second kappa shape index (κ2) is 7.37. The highest BCUT2D eigenvalue weighted by Gasteiger charge is 1.97. The van der Waals surface area contributed by atoms with Crippen LogP contribution in [0.4, 0.5) is 0 Å². The van der Waals surface area contributed by atoms with Crippen LogP contribution >= 0.6 is 0 Å². The van der Waals surface area contributed by atoms with E-state index in [-0.39, 0.29) is 0 Å². The Bertz CT molecular complexity index is 466. The summed E-state index contributed by atoms with van der Waals surface area (Å²) < 4.78 is 0. The van der Waals surface area contributed by atoms with Gasteiger partial charge in [0.1, 0.15) is 0 Å². The fourth-order valence-corrected chi connectivity index (χ4v) is 1.98. The SMILES string of the molecule is NC1=NCCCC1.c1ccc(-c2ccccc2)cc1. The van der Waals surface area contributed by atoms with Crippen molar-refractivity contribution >= 4 is 5.84 Å². The van der Waals surface area contributed by atoms with Crippen molar-refractivity contribution in [2.24, 2.45) is 10.7 Å². The molecule has 0 unspecified atom stereocenters. The van der Waals surface area contributed by atoms with E-state index in [4.69, 9.17) is 5.73 Å². The smallest absolute Gasteiger partial charge is 0.0937 e. The van der Waals surface area contributed by atoms with Crippen molar-refractivity contribution in [3.05, 3.63) is 60.7 Å². The van der Waals surface area contributed by atoms with Crippen LogP contribution in [-0.2, 0) is 0 Å². The number of hydrogen-bond donors (Lipinski definition) is 1. The van der Waals surface area contributed by atoms with E-state index in [1.807, 2.05) is 12.1 Å². The molecule has 0 atom stereocenters. The number of amidine groups is 1. The Morgan fingerprint density at radius 2 is 1.26 bits per heavy atom. The molecule has 3 rings (SSSR count). The minimum absolute atomic E-state index is 0.839. The van der Waals surface area contributed by atoms with Crippen molar-refractivity contribution in [2.45, 2.75) is 19.3 Å². The van der Waals surface area contributed by atoms with E-state index in [0.29, 0.717) is 0 Å². The van der Waals surface area contributed by atoms with Crippen LogP contribution in [0.3, 0.4) is 0 Å². The van der Waals surface area contributed by atoms with Gasteiger partial charge in [-0.15, -0.1) is 0 Å². The summed E-state index contributed by atoms with van der Waals surface area (Å²) >= 11 is 0. The Morgan fingerprint density at radius 1 is 0.737 bits per heavy atom. The molecule has 1 heterocycles.